The van der Waals surface area contributed by atoms with Crippen molar-refractivity contribution in [1.29, 1.82) is 0 Å². The fourth-order valence-electron chi connectivity index (χ4n) is 8.54. The topological polar surface area (TPSA) is 135 Å². The number of likely N-dealkylation sites (N-methyl/N-ethyl adjacent to an activating group) is 1. The number of ether oxygens (including phenoxy) is 4. The molecule has 314 valence electrons. The molecule has 4 aromatic carbocycles. The quantitative estimate of drug-likeness (QED) is 0.107. The molecule has 0 unspecified atom stereocenters. The first-order valence-corrected chi connectivity index (χ1v) is 21.0. The number of amides is 2. The Hall–Kier alpha value is -6.60. The molecule has 0 aromatic heterocycles. The number of fused-ring (bicyclic) bond motifs is 4. The Morgan fingerprint density at radius 3 is 1.57 bits per heavy atom. The van der Waals surface area contributed by atoms with Crippen molar-refractivity contribution < 1.29 is 28.5 Å². The number of nitrogen functional groups attached to an aromatic ring is 1. The van der Waals surface area contributed by atoms with E-state index in [2.05, 4.69) is 41.1 Å². The number of anilines is 2. The molecule has 61 heavy (non-hydrogen) atoms. The highest BCUT2D eigenvalue weighted by molar-refractivity contribution is 6.06. The Morgan fingerprint density at radius 2 is 1.10 bits per heavy atom. The first-order valence-electron chi connectivity index (χ1n) is 21.0. The summed E-state index contributed by atoms with van der Waals surface area (Å²) < 4.78 is 23.7. The van der Waals surface area contributed by atoms with Crippen LogP contribution in [0.5, 0.6) is 23.0 Å². The lowest BCUT2D eigenvalue weighted by molar-refractivity contribution is 0.0809. The van der Waals surface area contributed by atoms with E-state index in [4.69, 9.17) is 34.7 Å². The highest BCUT2D eigenvalue weighted by atomic mass is 16.5. The Bertz CT molecular complexity index is 2440. The van der Waals surface area contributed by atoms with Crippen LogP contribution in [0.4, 0.5) is 22.7 Å². The molecule has 0 aliphatic carbocycles. The van der Waals surface area contributed by atoms with Gasteiger partial charge in [-0.05, 0) is 85.0 Å². The summed E-state index contributed by atoms with van der Waals surface area (Å²) in [4.78, 5) is 45.4. The van der Waals surface area contributed by atoms with Gasteiger partial charge in [0.2, 0.25) is 0 Å². The lowest BCUT2D eigenvalue weighted by atomic mass is 10.0. The van der Waals surface area contributed by atoms with Crippen molar-refractivity contribution in [3.63, 3.8) is 0 Å². The number of hydrogen-bond acceptors (Lipinski definition) is 11. The van der Waals surface area contributed by atoms with Crippen LogP contribution < -0.4 is 29.6 Å². The number of unbranched alkanes of at least 4 members (excludes halogenated alkanes) is 2. The molecular formula is C48H51N7O6. The van der Waals surface area contributed by atoms with E-state index >= 15 is 0 Å². The van der Waals surface area contributed by atoms with Crippen LogP contribution in [0.25, 0.3) is 11.1 Å². The Labute approximate surface area is 356 Å². The molecule has 13 nitrogen and oxygen atoms in total. The maximum atomic E-state index is 13.9. The standard InChI is InChI=1S/C48H51N7O6/c1-52-15-17-53(18-16-52)36-13-9-32(10-14-36)34-22-38-28-51-42-26-46(44(59-3)24-40(42)48(57)55(38)30-34)61-20-6-4-5-19-60-45-25-41-39(23-43(45)58-2)47(56)54-29-33(21-37(54)27-50-41)31-7-11-35(49)12-8-31/h7-14,23-30,37-38H,4-6,15-22,49H2,1-3H3/t37-,38-/m0/s1. The van der Waals surface area contributed by atoms with Crippen LogP contribution in [0.2, 0.25) is 0 Å². The largest absolute Gasteiger partial charge is 0.493 e. The van der Waals surface area contributed by atoms with E-state index in [-0.39, 0.29) is 23.9 Å². The number of benzene rings is 4. The maximum absolute atomic E-state index is 13.9. The normalized spacial score (nSPS) is 19.4. The monoisotopic (exact) mass is 821 g/mol. The van der Waals surface area contributed by atoms with Crippen LogP contribution in [0.3, 0.4) is 0 Å². The van der Waals surface area contributed by atoms with Crippen LogP contribution in [0.1, 0.15) is 63.9 Å². The number of nitrogens with zero attached hydrogens (tertiary/aromatic N) is 6. The second-order valence-electron chi connectivity index (χ2n) is 16.1. The minimum Gasteiger partial charge on any atom is -0.493 e. The van der Waals surface area contributed by atoms with Crippen molar-refractivity contribution in [1.82, 2.24) is 14.7 Å². The fourth-order valence-corrected chi connectivity index (χ4v) is 8.54. The van der Waals surface area contributed by atoms with Crippen molar-refractivity contribution in [2.45, 2.75) is 44.2 Å². The molecule has 5 aliphatic heterocycles. The Morgan fingerprint density at radius 1 is 0.623 bits per heavy atom. The average molecular weight is 822 g/mol. The van der Waals surface area contributed by atoms with Crippen LogP contribution in [-0.4, -0.2) is 112 Å². The smallest absolute Gasteiger partial charge is 0.260 e. The second kappa shape index (κ2) is 17.2. The van der Waals surface area contributed by atoms with Gasteiger partial charge in [0.05, 0.1) is 62.0 Å². The van der Waals surface area contributed by atoms with E-state index in [0.29, 0.717) is 77.2 Å². The highest BCUT2D eigenvalue weighted by Crippen LogP contribution is 2.42. The number of methoxy groups -OCH3 is 2. The van der Waals surface area contributed by atoms with Crippen LogP contribution in [0, 0.1) is 0 Å². The van der Waals surface area contributed by atoms with E-state index in [0.717, 1.165) is 67.7 Å². The summed E-state index contributed by atoms with van der Waals surface area (Å²) in [7, 11) is 5.31. The van der Waals surface area contributed by atoms with Gasteiger partial charge in [-0.1, -0.05) is 24.3 Å². The number of aliphatic imine (C=N–C) groups is 2. The molecule has 13 heteroatoms. The summed E-state index contributed by atoms with van der Waals surface area (Å²) in [6, 6.07) is 23.0. The van der Waals surface area contributed by atoms with Gasteiger partial charge >= 0.3 is 0 Å². The number of piperazine rings is 1. The first kappa shape index (κ1) is 39.8. The van der Waals surface area contributed by atoms with Gasteiger partial charge in [-0.2, -0.15) is 0 Å². The predicted molar refractivity (Wildman–Crippen MR) is 239 cm³/mol. The second-order valence-corrected chi connectivity index (χ2v) is 16.1. The van der Waals surface area contributed by atoms with E-state index < -0.39 is 0 Å². The number of rotatable bonds is 13. The number of nitrogens with two attached hydrogens (primary N) is 1. The van der Waals surface area contributed by atoms with Crippen molar-refractivity contribution in [3.8, 4) is 23.0 Å². The highest BCUT2D eigenvalue weighted by Gasteiger charge is 2.35. The molecule has 0 spiro atoms. The third-order valence-corrected chi connectivity index (χ3v) is 12.1. The summed E-state index contributed by atoms with van der Waals surface area (Å²) in [6.45, 7) is 5.07. The molecule has 5 aliphatic rings. The average Bonchev–Trinajstić information content (AvgIpc) is 3.86. The lowest BCUT2D eigenvalue weighted by Gasteiger charge is -2.34. The molecule has 2 amide bonds. The lowest BCUT2D eigenvalue weighted by Crippen LogP contribution is -2.44. The molecule has 0 radical (unpaired) electrons. The van der Waals surface area contributed by atoms with E-state index in [1.165, 1.54) is 5.69 Å². The molecule has 4 aromatic rings. The molecular weight excluding hydrogens is 771 g/mol. The third kappa shape index (κ3) is 8.17. The minimum absolute atomic E-state index is 0.113. The van der Waals surface area contributed by atoms with Crippen LogP contribution in [-0.2, 0) is 0 Å². The van der Waals surface area contributed by atoms with Gasteiger partial charge in [-0.3, -0.25) is 19.6 Å². The SMILES string of the molecule is COc1cc2c(cc1OCCCCCOc1cc3c(cc1OC)C(=O)N1C=C(c4ccc(N5CCN(C)CC5)cc4)C[C@H]1C=N3)N=C[C@@H]1CC(c3ccc(N)cc3)=CN1C2=O. The Balaban J connectivity index is 0.774. The predicted octanol–water partition coefficient (Wildman–Crippen LogP) is 7.61. The molecule has 2 atom stereocenters. The summed E-state index contributed by atoms with van der Waals surface area (Å²) in [5.41, 5.74) is 14.2. The molecule has 1 saturated heterocycles. The van der Waals surface area contributed by atoms with Crippen molar-refractivity contribution in [2.75, 3.05) is 71.3 Å². The van der Waals surface area contributed by atoms with Crippen LogP contribution >= 0.6 is 0 Å². The summed E-state index contributed by atoms with van der Waals surface area (Å²) in [5, 5.41) is 0. The van der Waals surface area contributed by atoms with Gasteiger partial charge in [-0.15, -0.1) is 0 Å². The third-order valence-electron chi connectivity index (χ3n) is 12.1. The summed E-state index contributed by atoms with van der Waals surface area (Å²) >= 11 is 0. The molecule has 2 N–H and O–H groups in total. The zero-order chi connectivity index (χ0) is 42.0. The van der Waals surface area contributed by atoms with Gasteiger partial charge < -0.3 is 44.3 Å². The molecule has 0 saturated carbocycles. The van der Waals surface area contributed by atoms with Gasteiger partial charge in [0.1, 0.15) is 0 Å². The molecule has 9 rings (SSSR count). The van der Waals surface area contributed by atoms with E-state index in [9.17, 15) is 9.59 Å². The summed E-state index contributed by atoms with van der Waals surface area (Å²) in [6.07, 6.45) is 11.3. The van der Waals surface area contributed by atoms with Gasteiger partial charge in [0.15, 0.2) is 23.0 Å². The molecule has 1 fully saturated rings. The minimum atomic E-state index is -0.184. The van der Waals surface area contributed by atoms with Gasteiger partial charge in [0, 0.05) is 87.4 Å². The van der Waals surface area contributed by atoms with Gasteiger partial charge in [0.25, 0.3) is 11.8 Å². The first-order chi connectivity index (χ1) is 29.8. The fraction of sp³-hybridized carbons (Fsp3) is 0.333. The van der Waals surface area contributed by atoms with Crippen molar-refractivity contribution >= 4 is 58.1 Å². The molecule has 5 heterocycles. The van der Waals surface area contributed by atoms with Crippen molar-refractivity contribution in [2.24, 2.45) is 9.98 Å². The number of hydrogen-bond donors (Lipinski definition) is 1. The number of carbonyl (C=O) groups is 2. The van der Waals surface area contributed by atoms with E-state index in [1.807, 2.05) is 49.1 Å². The van der Waals surface area contributed by atoms with Crippen LogP contribution in [0.15, 0.2) is 95.2 Å². The number of carbonyl (C=O) groups excluding carboxylic acids is 2. The zero-order valence-electron chi connectivity index (χ0n) is 34.9. The van der Waals surface area contributed by atoms with Gasteiger partial charge in [-0.25, -0.2) is 0 Å². The summed E-state index contributed by atoms with van der Waals surface area (Å²) in [5.74, 6) is 1.80. The maximum Gasteiger partial charge on any atom is 0.260 e. The van der Waals surface area contributed by atoms with E-state index in [1.54, 1.807) is 48.3 Å². The molecule has 0 bridgehead atoms. The zero-order valence-corrected chi connectivity index (χ0v) is 34.9. The van der Waals surface area contributed by atoms with Crippen molar-refractivity contribution in [3.05, 3.63) is 107 Å². The Kier molecular flexibility index (Phi) is 11.2.